The van der Waals surface area contributed by atoms with Gasteiger partial charge >= 0.3 is 5.97 Å². The topological polar surface area (TPSA) is 133 Å². The predicted molar refractivity (Wildman–Crippen MR) is 59.5 cm³/mol. The smallest absolute Gasteiger partial charge is 0.356 e. The number of nitrogens with zero attached hydrogens (tertiary/aromatic N) is 5. The summed E-state index contributed by atoms with van der Waals surface area (Å²) in [5.41, 5.74) is 8.28. The van der Waals surface area contributed by atoms with Crippen molar-refractivity contribution in [2.24, 2.45) is 12.2 Å². The van der Waals surface area contributed by atoms with Crippen LogP contribution in [0.15, 0.2) is 11.3 Å². The fourth-order valence-corrected chi connectivity index (χ4v) is 1.44. The summed E-state index contributed by atoms with van der Waals surface area (Å²) >= 11 is 0. The molecule has 0 spiro atoms. The van der Waals surface area contributed by atoms with Gasteiger partial charge in [0.25, 0.3) is 0 Å². The molecule has 1 rings (SSSR count). The summed E-state index contributed by atoms with van der Waals surface area (Å²) in [6.45, 7) is -0.312. The number of azide groups is 1. The Labute approximate surface area is 102 Å². The lowest BCUT2D eigenvalue weighted by atomic mass is 10.1. The number of hydrogen-bond acceptors (Lipinski definition) is 6. The molecule has 1 aromatic heterocycles. The largest absolute Gasteiger partial charge is 0.464 e. The van der Waals surface area contributed by atoms with Crippen molar-refractivity contribution < 1.29 is 19.7 Å². The van der Waals surface area contributed by atoms with Crippen molar-refractivity contribution in [3.05, 3.63) is 27.9 Å². The molecule has 9 nitrogen and oxygen atoms in total. The van der Waals surface area contributed by atoms with Crippen LogP contribution < -0.4 is 0 Å². The van der Waals surface area contributed by atoms with Crippen molar-refractivity contribution in [2.75, 3.05) is 13.7 Å². The third-order valence-corrected chi connectivity index (χ3v) is 2.36. The standard InChI is InChI=1S/C9H13N5O4/c1-14-7(9(17)18-2)5(3-12-14)8(16)6(15)4-11-13-10/h3,6,8,15-16H,4H2,1-2H3. The molecular weight excluding hydrogens is 242 g/mol. The fraction of sp³-hybridized carbons (Fsp3) is 0.556. The molecule has 2 N–H and O–H groups in total. The molecule has 0 saturated heterocycles. The highest BCUT2D eigenvalue weighted by atomic mass is 16.5. The Morgan fingerprint density at radius 3 is 2.94 bits per heavy atom. The van der Waals surface area contributed by atoms with E-state index in [1.807, 2.05) is 0 Å². The quantitative estimate of drug-likeness (QED) is 0.328. The molecule has 0 fully saturated rings. The highest BCUT2D eigenvalue weighted by molar-refractivity contribution is 5.89. The van der Waals surface area contributed by atoms with Gasteiger partial charge in [-0.25, -0.2) is 4.79 Å². The van der Waals surface area contributed by atoms with Crippen molar-refractivity contribution >= 4 is 5.97 Å². The molecule has 0 aliphatic rings. The first kappa shape index (κ1) is 14.0. The van der Waals surface area contributed by atoms with E-state index in [4.69, 9.17) is 5.53 Å². The van der Waals surface area contributed by atoms with Gasteiger partial charge in [0, 0.05) is 17.5 Å². The monoisotopic (exact) mass is 255 g/mol. The number of hydrogen-bond donors (Lipinski definition) is 2. The molecule has 0 aromatic carbocycles. The normalized spacial score (nSPS) is 13.6. The van der Waals surface area contributed by atoms with Crippen LogP contribution in [-0.2, 0) is 11.8 Å². The van der Waals surface area contributed by atoms with Crippen LogP contribution in [0.5, 0.6) is 0 Å². The molecule has 0 amide bonds. The van der Waals surface area contributed by atoms with Gasteiger partial charge in [-0.2, -0.15) is 5.10 Å². The third-order valence-electron chi connectivity index (χ3n) is 2.36. The van der Waals surface area contributed by atoms with Gasteiger partial charge in [0.05, 0.1) is 26.0 Å². The second-order valence-corrected chi connectivity index (χ2v) is 3.49. The van der Waals surface area contributed by atoms with E-state index in [0.717, 1.165) is 0 Å². The SMILES string of the molecule is COC(=O)c1c(C(O)C(O)CN=[N+]=[N-])cnn1C. The predicted octanol–water partition coefficient (Wildman–Crippen LogP) is -0.0887. The Bertz CT molecular complexity index is 479. The Morgan fingerprint density at radius 2 is 2.39 bits per heavy atom. The van der Waals surface area contributed by atoms with Gasteiger partial charge in [-0.1, -0.05) is 5.11 Å². The molecular formula is C9H13N5O4. The summed E-state index contributed by atoms with van der Waals surface area (Å²) in [6.07, 6.45) is -1.47. The summed E-state index contributed by atoms with van der Waals surface area (Å²) < 4.78 is 5.78. The number of carbonyl (C=O) groups is 1. The maximum absolute atomic E-state index is 11.5. The van der Waals surface area contributed by atoms with Crippen LogP contribution in [0.4, 0.5) is 0 Å². The van der Waals surface area contributed by atoms with Gasteiger partial charge in [-0.15, -0.1) is 0 Å². The van der Waals surface area contributed by atoms with Crippen LogP contribution in [0.25, 0.3) is 10.4 Å². The first-order valence-electron chi connectivity index (χ1n) is 5.00. The molecule has 0 aliphatic carbocycles. The maximum atomic E-state index is 11.5. The zero-order valence-corrected chi connectivity index (χ0v) is 9.89. The van der Waals surface area contributed by atoms with E-state index in [2.05, 4.69) is 19.9 Å². The summed E-state index contributed by atoms with van der Waals surface area (Å²) in [6, 6.07) is 0. The molecule has 2 atom stereocenters. The number of aryl methyl sites for hydroxylation is 1. The summed E-state index contributed by atoms with van der Waals surface area (Å²) in [5, 5.41) is 26.4. The third kappa shape index (κ3) is 2.77. The number of aromatic nitrogens is 2. The maximum Gasteiger partial charge on any atom is 0.356 e. The number of aliphatic hydroxyl groups excluding tert-OH is 2. The lowest BCUT2D eigenvalue weighted by Crippen LogP contribution is -2.23. The van der Waals surface area contributed by atoms with Crippen LogP contribution in [-0.4, -0.2) is 45.7 Å². The molecule has 2 unspecified atom stereocenters. The van der Waals surface area contributed by atoms with Crippen LogP contribution >= 0.6 is 0 Å². The van der Waals surface area contributed by atoms with Gasteiger partial charge in [0.2, 0.25) is 0 Å². The minimum atomic E-state index is -1.39. The van der Waals surface area contributed by atoms with Crippen LogP contribution in [0.3, 0.4) is 0 Å². The van der Waals surface area contributed by atoms with E-state index < -0.39 is 18.2 Å². The van der Waals surface area contributed by atoms with Gasteiger partial charge in [0.15, 0.2) is 5.69 Å². The van der Waals surface area contributed by atoms with Crippen molar-refractivity contribution in [2.45, 2.75) is 12.2 Å². The number of carbonyl (C=O) groups excluding carboxylic acids is 1. The van der Waals surface area contributed by atoms with E-state index in [9.17, 15) is 15.0 Å². The van der Waals surface area contributed by atoms with Gasteiger partial charge in [0.1, 0.15) is 6.10 Å². The van der Waals surface area contributed by atoms with E-state index in [1.165, 1.54) is 25.0 Å². The van der Waals surface area contributed by atoms with E-state index in [1.54, 1.807) is 0 Å². The molecule has 18 heavy (non-hydrogen) atoms. The Kier molecular flexibility index (Phi) is 4.67. The number of esters is 1. The van der Waals surface area contributed by atoms with Crippen LogP contribution in [0.2, 0.25) is 0 Å². The molecule has 0 radical (unpaired) electrons. The first-order valence-corrected chi connectivity index (χ1v) is 5.00. The van der Waals surface area contributed by atoms with E-state index in [0.29, 0.717) is 0 Å². The molecule has 98 valence electrons. The molecule has 1 heterocycles. The summed E-state index contributed by atoms with van der Waals surface area (Å²) in [4.78, 5) is 14.0. The molecule has 9 heteroatoms. The summed E-state index contributed by atoms with van der Waals surface area (Å²) in [7, 11) is 2.70. The van der Waals surface area contributed by atoms with Gasteiger partial charge in [-0.05, 0) is 5.53 Å². The van der Waals surface area contributed by atoms with Crippen molar-refractivity contribution in [3.8, 4) is 0 Å². The highest BCUT2D eigenvalue weighted by Crippen LogP contribution is 2.21. The van der Waals surface area contributed by atoms with Gasteiger partial charge < -0.3 is 14.9 Å². The number of methoxy groups -OCH3 is 1. The Hall–Kier alpha value is -2.09. The average Bonchev–Trinajstić information content (AvgIpc) is 2.75. The van der Waals surface area contributed by atoms with E-state index in [-0.39, 0.29) is 17.8 Å². The molecule has 1 aromatic rings. The Balaban J connectivity index is 3.02. The lowest BCUT2D eigenvalue weighted by molar-refractivity contribution is 0.0227. The second-order valence-electron chi connectivity index (χ2n) is 3.49. The zero-order chi connectivity index (χ0) is 13.7. The number of ether oxygens (including phenoxy) is 1. The number of aliphatic hydroxyl groups is 2. The second kappa shape index (κ2) is 6.01. The van der Waals surface area contributed by atoms with E-state index >= 15 is 0 Å². The molecule has 0 saturated carbocycles. The fourth-order valence-electron chi connectivity index (χ4n) is 1.44. The van der Waals surface area contributed by atoms with Crippen LogP contribution in [0, 0.1) is 0 Å². The zero-order valence-electron chi connectivity index (χ0n) is 9.89. The number of rotatable bonds is 5. The van der Waals surface area contributed by atoms with Gasteiger partial charge in [-0.3, -0.25) is 4.68 Å². The van der Waals surface area contributed by atoms with Crippen molar-refractivity contribution in [1.82, 2.24) is 9.78 Å². The highest BCUT2D eigenvalue weighted by Gasteiger charge is 2.27. The molecule has 0 aliphatic heterocycles. The Morgan fingerprint density at radius 1 is 1.72 bits per heavy atom. The van der Waals surface area contributed by atoms with Crippen molar-refractivity contribution in [3.63, 3.8) is 0 Å². The summed E-state index contributed by atoms with van der Waals surface area (Å²) in [5.74, 6) is -0.681. The first-order chi connectivity index (χ1) is 8.52. The minimum absolute atomic E-state index is 0.0324. The van der Waals surface area contributed by atoms with Crippen LogP contribution in [0.1, 0.15) is 22.2 Å². The van der Waals surface area contributed by atoms with Crippen molar-refractivity contribution in [1.29, 1.82) is 0 Å². The average molecular weight is 255 g/mol. The minimum Gasteiger partial charge on any atom is -0.464 e. The lowest BCUT2D eigenvalue weighted by Gasteiger charge is -2.15. The molecule has 0 bridgehead atoms.